The molecule has 5 nitrogen and oxygen atoms in total. The Morgan fingerprint density at radius 2 is 2.21 bits per heavy atom. The number of aryl methyl sites for hydroxylation is 1. The molecule has 0 aliphatic carbocycles. The molecule has 2 aromatic rings. The third-order valence-corrected chi connectivity index (χ3v) is 4.54. The largest absolute Gasteiger partial charge is 0.380 e. The van der Waals surface area contributed by atoms with Gasteiger partial charge in [0.1, 0.15) is 0 Å². The molecule has 0 amide bonds. The smallest absolute Gasteiger partial charge is 0.238 e. The lowest BCUT2D eigenvalue weighted by Crippen LogP contribution is -2.12. The van der Waals surface area contributed by atoms with E-state index in [0.717, 1.165) is 16.1 Å². The third-order valence-electron chi connectivity index (χ3n) is 2.52. The Morgan fingerprint density at radius 1 is 1.47 bits per heavy atom. The van der Waals surface area contributed by atoms with Gasteiger partial charge in [-0.25, -0.2) is 18.5 Å². The molecule has 1 heterocycles. The summed E-state index contributed by atoms with van der Waals surface area (Å²) in [6.07, 6.45) is 1.68. The van der Waals surface area contributed by atoms with Crippen LogP contribution in [-0.2, 0) is 16.6 Å². The van der Waals surface area contributed by atoms with Gasteiger partial charge in [-0.2, -0.15) is 0 Å². The summed E-state index contributed by atoms with van der Waals surface area (Å²) in [6.45, 7) is 2.41. The van der Waals surface area contributed by atoms with E-state index in [1.807, 2.05) is 6.92 Å². The topological polar surface area (TPSA) is 85.1 Å². The molecule has 0 bridgehead atoms. The molecule has 0 saturated carbocycles. The molecule has 3 N–H and O–H groups in total. The number of anilines is 1. The Kier molecular flexibility index (Phi) is 4.10. The average molecular weight is 318 g/mol. The van der Waals surface area contributed by atoms with E-state index in [1.54, 1.807) is 12.3 Å². The van der Waals surface area contributed by atoms with Crippen LogP contribution in [0.3, 0.4) is 0 Å². The number of primary sulfonamides is 1. The summed E-state index contributed by atoms with van der Waals surface area (Å²) < 4.78 is 23.1. The maximum Gasteiger partial charge on any atom is 0.238 e. The van der Waals surface area contributed by atoms with Crippen LogP contribution in [0.4, 0.5) is 5.69 Å². The van der Waals surface area contributed by atoms with E-state index in [9.17, 15) is 8.42 Å². The number of nitrogens with two attached hydrogens (primary N) is 1. The molecule has 19 heavy (non-hydrogen) atoms. The van der Waals surface area contributed by atoms with Crippen LogP contribution in [0.1, 0.15) is 10.4 Å². The number of sulfonamides is 1. The van der Waals surface area contributed by atoms with Crippen molar-refractivity contribution >= 4 is 38.6 Å². The average Bonchev–Trinajstić information content (AvgIpc) is 2.72. The summed E-state index contributed by atoms with van der Waals surface area (Å²) in [5, 5.41) is 8.25. The molecule has 0 aliphatic heterocycles. The minimum absolute atomic E-state index is 0.0861. The zero-order chi connectivity index (χ0) is 14.0. The molecule has 0 radical (unpaired) electrons. The zero-order valence-corrected chi connectivity index (χ0v) is 12.4. The Bertz CT molecular complexity index is 698. The lowest BCUT2D eigenvalue weighted by Gasteiger charge is -2.09. The van der Waals surface area contributed by atoms with Gasteiger partial charge < -0.3 is 5.32 Å². The van der Waals surface area contributed by atoms with Gasteiger partial charge in [0, 0.05) is 16.8 Å². The first kappa shape index (κ1) is 14.3. The van der Waals surface area contributed by atoms with Gasteiger partial charge in [-0.1, -0.05) is 17.7 Å². The fourth-order valence-electron chi connectivity index (χ4n) is 1.52. The van der Waals surface area contributed by atoms with Crippen LogP contribution in [0, 0.1) is 6.92 Å². The van der Waals surface area contributed by atoms with Crippen LogP contribution in [0.5, 0.6) is 0 Å². The maximum atomic E-state index is 11.3. The standard InChI is InChI=1S/C11H12ClN3O2S2/c1-7-2-3-9(19(13,16)17)4-10(7)14-5-8-6-15-11(12)18-8/h2-4,6,14H,5H2,1H3,(H2,13,16,17). The van der Waals surface area contributed by atoms with Gasteiger partial charge in [0.25, 0.3) is 0 Å². The molecule has 0 spiro atoms. The zero-order valence-electron chi connectivity index (χ0n) is 10.1. The predicted molar refractivity (Wildman–Crippen MR) is 77.0 cm³/mol. The van der Waals surface area contributed by atoms with Crippen molar-refractivity contribution < 1.29 is 8.42 Å². The quantitative estimate of drug-likeness (QED) is 0.906. The van der Waals surface area contributed by atoms with Crippen molar-refractivity contribution in [3.63, 3.8) is 0 Å². The molecule has 8 heteroatoms. The number of hydrogen-bond donors (Lipinski definition) is 2. The van der Waals surface area contributed by atoms with Gasteiger partial charge in [-0.05, 0) is 24.6 Å². The lowest BCUT2D eigenvalue weighted by atomic mass is 10.2. The van der Waals surface area contributed by atoms with Crippen LogP contribution >= 0.6 is 22.9 Å². The molecule has 0 aliphatic rings. The SMILES string of the molecule is Cc1ccc(S(N)(=O)=O)cc1NCc1cnc(Cl)s1. The molecule has 1 aromatic heterocycles. The Morgan fingerprint density at radius 3 is 2.79 bits per heavy atom. The summed E-state index contributed by atoms with van der Waals surface area (Å²) >= 11 is 7.11. The summed E-state index contributed by atoms with van der Waals surface area (Å²) in [7, 11) is -3.69. The Labute approximate surface area is 120 Å². The van der Waals surface area contributed by atoms with E-state index in [0.29, 0.717) is 11.0 Å². The number of halogens is 1. The fourth-order valence-corrected chi connectivity index (χ4v) is 2.97. The molecule has 2 rings (SSSR count). The minimum atomic E-state index is -3.69. The highest BCUT2D eigenvalue weighted by molar-refractivity contribution is 7.89. The van der Waals surface area contributed by atoms with Crippen molar-refractivity contribution in [2.75, 3.05) is 5.32 Å². The second-order valence-corrected chi connectivity index (χ2v) is 7.21. The highest BCUT2D eigenvalue weighted by Crippen LogP contribution is 2.22. The number of aromatic nitrogens is 1. The number of benzene rings is 1. The van der Waals surface area contributed by atoms with Crippen molar-refractivity contribution in [1.29, 1.82) is 0 Å². The van der Waals surface area contributed by atoms with E-state index in [-0.39, 0.29) is 4.90 Å². The number of thiazole rings is 1. The van der Waals surface area contributed by atoms with Gasteiger partial charge in [-0.15, -0.1) is 11.3 Å². The van der Waals surface area contributed by atoms with Crippen LogP contribution in [0.15, 0.2) is 29.3 Å². The van der Waals surface area contributed by atoms with Crippen LogP contribution < -0.4 is 10.5 Å². The molecule has 0 saturated heterocycles. The normalized spacial score (nSPS) is 11.5. The first-order valence-corrected chi connectivity index (χ1v) is 8.08. The van der Waals surface area contributed by atoms with Crippen molar-refractivity contribution in [3.8, 4) is 0 Å². The second-order valence-electron chi connectivity index (χ2n) is 3.95. The molecule has 1 aromatic carbocycles. The first-order chi connectivity index (χ1) is 8.86. The van der Waals surface area contributed by atoms with Gasteiger partial charge in [0.05, 0.1) is 11.4 Å². The van der Waals surface area contributed by atoms with Crippen molar-refractivity contribution in [2.45, 2.75) is 18.4 Å². The van der Waals surface area contributed by atoms with E-state index in [1.165, 1.54) is 23.5 Å². The molecule has 0 atom stereocenters. The highest BCUT2D eigenvalue weighted by atomic mass is 35.5. The summed E-state index contributed by atoms with van der Waals surface area (Å²) in [5.74, 6) is 0. The third kappa shape index (κ3) is 3.66. The minimum Gasteiger partial charge on any atom is -0.380 e. The summed E-state index contributed by atoms with van der Waals surface area (Å²) in [6, 6.07) is 4.72. The van der Waals surface area contributed by atoms with E-state index < -0.39 is 10.0 Å². The Hall–Kier alpha value is -1.15. The van der Waals surface area contributed by atoms with Crippen LogP contribution in [0.2, 0.25) is 4.47 Å². The van der Waals surface area contributed by atoms with Gasteiger partial charge >= 0.3 is 0 Å². The molecule has 0 unspecified atom stereocenters. The van der Waals surface area contributed by atoms with Gasteiger partial charge in [-0.3, -0.25) is 0 Å². The van der Waals surface area contributed by atoms with E-state index >= 15 is 0 Å². The van der Waals surface area contributed by atoms with E-state index in [4.69, 9.17) is 16.7 Å². The van der Waals surface area contributed by atoms with Gasteiger partial charge in [0.2, 0.25) is 10.0 Å². The Balaban J connectivity index is 2.20. The first-order valence-electron chi connectivity index (χ1n) is 5.34. The number of rotatable bonds is 4. The van der Waals surface area contributed by atoms with Gasteiger partial charge in [0.15, 0.2) is 4.47 Å². The van der Waals surface area contributed by atoms with Crippen molar-refractivity contribution in [1.82, 2.24) is 4.98 Å². The van der Waals surface area contributed by atoms with Crippen molar-refractivity contribution in [3.05, 3.63) is 39.3 Å². The van der Waals surface area contributed by atoms with E-state index in [2.05, 4.69) is 10.3 Å². The highest BCUT2D eigenvalue weighted by Gasteiger charge is 2.10. The van der Waals surface area contributed by atoms with Crippen LogP contribution in [-0.4, -0.2) is 13.4 Å². The number of nitrogens with zero attached hydrogens (tertiary/aromatic N) is 1. The fraction of sp³-hybridized carbons (Fsp3) is 0.182. The maximum absolute atomic E-state index is 11.3. The summed E-state index contributed by atoms with van der Waals surface area (Å²) in [5.41, 5.74) is 1.65. The molecule has 0 fully saturated rings. The predicted octanol–water partition coefficient (Wildman–Crippen LogP) is 2.36. The second kappa shape index (κ2) is 5.46. The number of nitrogens with one attached hydrogen (secondary N) is 1. The van der Waals surface area contributed by atoms with Crippen LogP contribution in [0.25, 0.3) is 0 Å². The number of hydrogen-bond acceptors (Lipinski definition) is 5. The lowest BCUT2D eigenvalue weighted by molar-refractivity contribution is 0.598. The monoisotopic (exact) mass is 317 g/mol. The molecular formula is C11H12ClN3O2S2. The molecular weight excluding hydrogens is 306 g/mol. The summed E-state index contributed by atoms with van der Waals surface area (Å²) in [4.78, 5) is 4.99. The van der Waals surface area contributed by atoms with Crippen molar-refractivity contribution in [2.24, 2.45) is 5.14 Å². The molecule has 102 valence electrons.